The zero-order valence-electron chi connectivity index (χ0n) is 8.54. The summed E-state index contributed by atoms with van der Waals surface area (Å²) in [4.78, 5) is 0.647. The van der Waals surface area contributed by atoms with Crippen molar-refractivity contribution >= 4 is 10.8 Å². The molecule has 0 aliphatic heterocycles. The standard InChI is InChI=1S/C11H11FN2OS/c12-10-2-4-11(5-3-10)16(15)9-8-14-7-1-6-13-14/h1-7H,8-9H2. The lowest BCUT2D eigenvalue weighted by Crippen LogP contribution is -2.08. The molecule has 0 amide bonds. The minimum absolute atomic E-state index is 0.312. The lowest BCUT2D eigenvalue weighted by molar-refractivity contribution is 0.625. The molecule has 0 radical (unpaired) electrons. The molecule has 2 rings (SSSR count). The number of benzene rings is 1. The summed E-state index contributed by atoms with van der Waals surface area (Å²) in [6.07, 6.45) is 3.50. The van der Waals surface area contributed by atoms with Gasteiger partial charge in [0.1, 0.15) is 5.82 Å². The van der Waals surface area contributed by atoms with Gasteiger partial charge in [0.25, 0.3) is 0 Å². The molecule has 0 aliphatic carbocycles. The van der Waals surface area contributed by atoms with Crippen molar-refractivity contribution in [2.24, 2.45) is 0 Å². The van der Waals surface area contributed by atoms with Crippen molar-refractivity contribution in [3.63, 3.8) is 0 Å². The maximum Gasteiger partial charge on any atom is 0.123 e. The molecule has 0 N–H and O–H groups in total. The quantitative estimate of drug-likeness (QED) is 0.814. The second kappa shape index (κ2) is 5.03. The largest absolute Gasteiger partial charge is 0.272 e. The molecule has 0 saturated heterocycles. The van der Waals surface area contributed by atoms with Gasteiger partial charge >= 0.3 is 0 Å². The maximum absolute atomic E-state index is 12.6. The Bertz CT molecular complexity index is 467. The summed E-state index contributed by atoms with van der Waals surface area (Å²) >= 11 is 0. The van der Waals surface area contributed by atoms with Gasteiger partial charge in [-0.2, -0.15) is 5.10 Å². The van der Waals surface area contributed by atoms with E-state index in [1.54, 1.807) is 23.0 Å². The first-order valence-corrected chi connectivity index (χ1v) is 6.19. The van der Waals surface area contributed by atoms with Crippen LogP contribution in [-0.2, 0) is 17.3 Å². The predicted octanol–water partition coefficient (Wildman–Crippen LogP) is 1.83. The molecular formula is C11H11FN2OS. The normalized spacial score (nSPS) is 12.6. The van der Waals surface area contributed by atoms with Crippen LogP contribution in [0.2, 0.25) is 0 Å². The van der Waals surface area contributed by atoms with Crippen LogP contribution in [0.1, 0.15) is 0 Å². The maximum atomic E-state index is 12.6. The summed E-state index contributed by atoms with van der Waals surface area (Å²) < 4.78 is 26.2. The Kier molecular flexibility index (Phi) is 3.46. The lowest BCUT2D eigenvalue weighted by Gasteiger charge is -2.02. The Hall–Kier alpha value is -1.49. The third-order valence-corrected chi connectivity index (χ3v) is 3.49. The number of halogens is 1. The molecule has 1 atom stereocenters. The van der Waals surface area contributed by atoms with Crippen molar-refractivity contribution in [1.82, 2.24) is 9.78 Å². The van der Waals surface area contributed by atoms with Crippen LogP contribution in [0.5, 0.6) is 0 Å². The molecule has 0 fully saturated rings. The summed E-state index contributed by atoms with van der Waals surface area (Å²) in [5.41, 5.74) is 0. The van der Waals surface area contributed by atoms with Crippen LogP contribution < -0.4 is 0 Å². The molecule has 0 aliphatic rings. The summed E-state index contributed by atoms with van der Waals surface area (Å²) in [6.45, 7) is 0.594. The van der Waals surface area contributed by atoms with Crippen LogP contribution in [0.3, 0.4) is 0 Å². The van der Waals surface area contributed by atoms with E-state index < -0.39 is 10.8 Å². The van der Waals surface area contributed by atoms with Crippen molar-refractivity contribution in [2.75, 3.05) is 5.75 Å². The van der Waals surface area contributed by atoms with Gasteiger partial charge in [-0.15, -0.1) is 0 Å². The Balaban J connectivity index is 1.95. The molecular weight excluding hydrogens is 227 g/mol. The van der Waals surface area contributed by atoms with Crippen LogP contribution >= 0.6 is 0 Å². The van der Waals surface area contributed by atoms with Gasteiger partial charge in [0.15, 0.2) is 0 Å². The van der Waals surface area contributed by atoms with Crippen LogP contribution in [0.4, 0.5) is 4.39 Å². The molecule has 0 spiro atoms. The zero-order valence-corrected chi connectivity index (χ0v) is 9.36. The number of aryl methyl sites for hydroxylation is 1. The first kappa shape index (κ1) is 11.0. The van der Waals surface area contributed by atoms with E-state index in [0.717, 1.165) is 0 Å². The zero-order chi connectivity index (χ0) is 11.4. The van der Waals surface area contributed by atoms with E-state index in [1.807, 2.05) is 12.3 Å². The fraction of sp³-hybridized carbons (Fsp3) is 0.182. The van der Waals surface area contributed by atoms with Gasteiger partial charge < -0.3 is 0 Å². The van der Waals surface area contributed by atoms with Crippen molar-refractivity contribution in [3.05, 3.63) is 48.5 Å². The second-order valence-corrected chi connectivity index (χ2v) is 4.84. The smallest absolute Gasteiger partial charge is 0.123 e. The van der Waals surface area contributed by atoms with Crippen LogP contribution in [0.15, 0.2) is 47.6 Å². The van der Waals surface area contributed by atoms with Gasteiger partial charge in [-0.1, -0.05) is 0 Å². The molecule has 0 saturated carbocycles. The van der Waals surface area contributed by atoms with Crippen molar-refractivity contribution < 1.29 is 8.60 Å². The summed E-state index contributed by atoms with van der Waals surface area (Å²) in [6, 6.07) is 7.56. The highest BCUT2D eigenvalue weighted by Crippen LogP contribution is 2.08. The summed E-state index contributed by atoms with van der Waals surface area (Å²) in [7, 11) is -1.10. The molecule has 1 aromatic heterocycles. The fourth-order valence-electron chi connectivity index (χ4n) is 1.31. The average Bonchev–Trinajstić information content (AvgIpc) is 2.80. The molecule has 1 aromatic carbocycles. The molecule has 16 heavy (non-hydrogen) atoms. The molecule has 0 bridgehead atoms. The van der Waals surface area contributed by atoms with E-state index in [-0.39, 0.29) is 5.82 Å². The summed E-state index contributed by atoms with van der Waals surface area (Å²) in [5, 5.41) is 4.02. The van der Waals surface area contributed by atoms with Gasteiger partial charge in [-0.3, -0.25) is 8.89 Å². The van der Waals surface area contributed by atoms with Crippen LogP contribution in [-0.4, -0.2) is 19.7 Å². The van der Waals surface area contributed by atoms with Gasteiger partial charge in [0, 0.05) is 23.0 Å². The van der Waals surface area contributed by atoms with Crippen LogP contribution in [0.25, 0.3) is 0 Å². The average molecular weight is 238 g/mol. The Morgan fingerprint density at radius 3 is 2.69 bits per heavy atom. The number of aromatic nitrogens is 2. The highest BCUT2D eigenvalue weighted by Gasteiger charge is 2.04. The lowest BCUT2D eigenvalue weighted by atomic mass is 10.4. The van der Waals surface area contributed by atoms with Gasteiger partial charge in [-0.05, 0) is 30.3 Å². The molecule has 1 heterocycles. The topological polar surface area (TPSA) is 34.9 Å². The van der Waals surface area contributed by atoms with E-state index in [0.29, 0.717) is 17.2 Å². The highest BCUT2D eigenvalue weighted by atomic mass is 32.2. The van der Waals surface area contributed by atoms with Gasteiger partial charge in [0.2, 0.25) is 0 Å². The monoisotopic (exact) mass is 238 g/mol. The minimum Gasteiger partial charge on any atom is -0.272 e. The van der Waals surface area contributed by atoms with Gasteiger partial charge in [-0.25, -0.2) is 4.39 Å². The highest BCUT2D eigenvalue weighted by molar-refractivity contribution is 7.85. The molecule has 2 aromatic rings. The van der Waals surface area contributed by atoms with E-state index >= 15 is 0 Å². The third-order valence-electron chi connectivity index (χ3n) is 2.14. The Labute approximate surface area is 95.4 Å². The number of hydrogen-bond donors (Lipinski definition) is 0. The number of rotatable bonds is 4. The predicted molar refractivity (Wildman–Crippen MR) is 59.9 cm³/mol. The Morgan fingerprint density at radius 2 is 2.06 bits per heavy atom. The Morgan fingerprint density at radius 1 is 1.31 bits per heavy atom. The van der Waals surface area contributed by atoms with Crippen molar-refractivity contribution in [2.45, 2.75) is 11.4 Å². The van der Waals surface area contributed by atoms with E-state index in [9.17, 15) is 8.60 Å². The van der Waals surface area contributed by atoms with E-state index in [2.05, 4.69) is 5.10 Å². The molecule has 5 heteroatoms. The van der Waals surface area contributed by atoms with Crippen molar-refractivity contribution in [3.8, 4) is 0 Å². The second-order valence-electron chi connectivity index (χ2n) is 3.27. The number of hydrogen-bond acceptors (Lipinski definition) is 2. The minimum atomic E-state index is -1.10. The molecule has 1 unspecified atom stereocenters. The first-order chi connectivity index (χ1) is 7.75. The summed E-state index contributed by atoms with van der Waals surface area (Å²) in [5.74, 6) is 0.167. The van der Waals surface area contributed by atoms with E-state index in [4.69, 9.17) is 0 Å². The molecule has 3 nitrogen and oxygen atoms in total. The third kappa shape index (κ3) is 2.76. The first-order valence-electron chi connectivity index (χ1n) is 4.87. The van der Waals surface area contributed by atoms with Gasteiger partial charge in [0.05, 0.1) is 17.3 Å². The van der Waals surface area contributed by atoms with E-state index in [1.165, 1.54) is 12.1 Å². The number of nitrogens with zero attached hydrogens (tertiary/aromatic N) is 2. The van der Waals surface area contributed by atoms with Crippen molar-refractivity contribution in [1.29, 1.82) is 0 Å². The van der Waals surface area contributed by atoms with Crippen LogP contribution in [0, 0.1) is 5.82 Å². The fourth-order valence-corrected chi connectivity index (χ4v) is 2.34. The molecule has 84 valence electrons. The SMILES string of the molecule is O=S(CCn1cccn1)c1ccc(F)cc1.